The number of amides is 1. The second-order valence-electron chi connectivity index (χ2n) is 5.12. The molecule has 0 saturated carbocycles. The Morgan fingerprint density at radius 3 is 3.00 bits per heavy atom. The molecule has 104 valence electrons. The van der Waals surface area contributed by atoms with Gasteiger partial charge in [-0.3, -0.25) is 10.1 Å². The highest BCUT2D eigenvalue weighted by molar-refractivity contribution is 5.81. The van der Waals surface area contributed by atoms with Crippen molar-refractivity contribution < 1.29 is 9.53 Å². The first-order valence-electron chi connectivity index (χ1n) is 6.82. The van der Waals surface area contributed by atoms with Crippen molar-refractivity contribution in [1.29, 1.82) is 0 Å². The molecule has 0 aromatic heterocycles. The predicted octanol–water partition coefficient (Wildman–Crippen LogP) is 2.17. The number of rotatable bonds is 5. The zero-order valence-corrected chi connectivity index (χ0v) is 11.8. The van der Waals surface area contributed by atoms with E-state index in [1.165, 1.54) is 0 Å². The van der Waals surface area contributed by atoms with Gasteiger partial charge in [-0.25, -0.2) is 0 Å². The molecular formula is C15H22N2O2. The minimum Gasteiger partial charge on any atom is -0.497 e. The van der Waals surface area contributed by atoms with E-state index in [4.69, 9.17) is 4.74 Å². The van der Waals surface area contributed by atoms with Gasteiger partial charge in [-0.1, -0.05) is 32.4 Å². The van der Waals surface area contributed by atoms with Crippen LogP contribution in [0.15, 0.2) is 24.3 Å². The molecule has 2 atom stereocenters. The number of hydrogen-bond donors (Lipinski definition) is 1. The average molecular weight is 262 g/mol. The molecule has 0 bridgehead atoms. The molecule has 1 N–H and O–H groups in total. The molecule has 0 radical (unpaired) electrons. The fourth-order valence-electron chi connectivity index (χ4n) is 2.32. The Morgan fingerprint density at radius 1 is 1.53 bits per heavy atom. The van der Waals surface area contributed by atoms with Crippen LogP contribution in [-0.4, -0.2) is 31.0 Å². The first-order chi connectivity index (χ1) is 9.15. The van der Waals surface area contributed by atoms with Crippen molar-refractivity contribution >= 4 is 5.91 Å². The van der Waals surface area contributed by atoms with Crippen LogP contribution in [0.5, 0.6) is 5.75 Å². The number of nitrogens with one attached hydrogen (secondary N) is 1. The van der Waals surface area contributed by atoms with Gasteiger partial charge in [0.05, 0.1) is 13.7 Å². The average Bonchev–Trinajstić information content (AvgIpc) is 2.80. The summed E-state index contributed by atoms with van der Waals surface area (Å²) in [6.45, 7) is 5.54. The van der Waals surface area contributed by atoms with Crippen LogP contribution in [0.2, 0.25) is 0 Å². The molecule has 1 fully saturated rings. The highest BCUT2D eigenvalue weighted by Gasteiger charge is 2.32. The molecule has 2 rings (SSSR count). The molecule has 1 aromatic rings. The fourth-order valence-corrected chi connectivity index (χ4v) is 2.32. The van der Waals surface area contributed by atoms with Gasteiger partial charge >= 0.3 is 0 Å². The maximum absolute atomic E-state index is 12.0. The van der Waals surface area contributed by atoms with Crippen LogP contribution in [0.4, 0.5) is 0 Å². The van der Waals surface area contributed by atoms with Crippen molar-refractivity contribution in [2.24, 2.45) is 5.92 Å². The van der Waals surface area contributed by atoms with Crippen LogP contribution in [0.1, 0.15) is 32.0 Å². The zero-order chi connectivity index (χ0) is 13.8. The number of hydrogen-bond acceptors (Lipinski definition) is 3. The first-order valence-corrected chi connectivity index (χ1v) is 6.82. The number of carbonyl (C=O) groups excluding carboxylic acids is 1. The fraction of sp³-hybridized carbons (Fsp3) is 0.533. The maximum Gasteiger partial charge on any atom is 0.238 e. The van der Waals surface area contributed by atoms with Gasteiger partial charge in [-0.15, -0.1) is 0 Å². The van der Waals surface area contributed by atoms with E-state index in [2.05, 4.69) is 19.2 Å². The molecule has 19 heavy (non-hydrogen) atoms. The maximum atomic E-state index is 12.0. The second kappa shape index (κ2) is 6.06. The van der Waals surface area contributed by atoms with Crippen LogP contribution >= 0.6 is 0 Å². The Labute approximate surface area is 114 Å². The molecule has 1 aromatic carbocycles. The molecule has 0 aliphatic carbocycles. The summed E-state index contributed by atoms with van der Waals surface area (Å²) >= 11 is 0. The van der Waals surface area contributed by atoms with Gasteiger partial charge in [0.2, 0.25) is 5.91 Å². The van der Waals surface area contributed by atoms with E-state index < -0.39 is 0 Å². The highest BCUT2D eigenvalue weighted by atomic mass is 16.5. The van der Waals surface area contributed by atoms with Crippen LogP contribution < -0.4 is 10.1 Å². The summed E-state index contributed by atoms with van der Waals surface area (Å²) < 4.78 is 5.25. The number of nitrogens with zero attached hydrogens (tertiary/aromatic N) is 1. The van der Waals surface area contributed by atoms with Crippen molar-refractivity contribution in [2.75, 3.05) is 20.2 Å². The van der Waals surface area contributed by atoms with E-state index in [0.29, 0.717) is 12.5 Å². The molecule has 4 nitrogen and oxygen atoms in total. The minimum absolute atomic E-state index is 0.0309. The van der Waals surface area contributed by atoms with Crippen molar-refractivity contribution in [3.05, 3.63) is 29.8 Å². The Kier molecular flexibility index (Phi) is 4.43. The number of methoxy groups -OCH3 is 1. The number of carbonyl (C=O) groups is 1. The predicted molar refractivity (Wildman–Crippen MR) is 74.9 cm³/mol. The number of benzene rings is 1. The Bertz CT molecular complexity index is 448. The molecule has 1 aliphatic rings. The van der Waals surface area contributed by atoms with E-state index in [9.17, 15) is 4.79 Å². The lowest BCUT2D eigenvalue weighted by Gasteiger charge is -2.27. The second-order valence-corrected chi connectivity index (χ2v) is 5.12. The van der Waals surface area contributed by atoms with Crippen molar-refractivity contribution in [3.63, 3.8) is 0 Å². The third-order valence-electron chi connectivity index (χ3n) is 3.69. The topological polar surface area (TPSA) is 41.6 Å². The molecule has 1 aliphatic heterocycles. The normalized spacial score (nSPS) is 20.7. The molecular weight excluding hydrogens is 240 g/mol. The third kappa shape index (κ3) is 3.07. The van der Waals surface area contributed by atoms with Crippen LogP contribution in [0, 0.1) is 5.92 Å². The zero-order valence-electron chi connectivity index (χ0n) is 11.8. The summed E-state index contributed by atoms with van der Waals surface area (Å²) in [7, 11) is 1.66. The first kappa shape index (κ1) is 13.9. The minimum atomic E-state index is -0.0309. The van der Waals surface area contributed by atoms with Gasteiger partial charge in [0.25, 0.3) is 0 Å². The molecule has 1 heterocycles. The third-order valence-corrected chi connectivity index (χ3v) is 3.69. The van der Waals surface area contributed by atoms with E-state index in [-0.39, 0.29) is 12.1 Å². The Hall–Kier alpha value is -1.55. The van der Waals surface area contributed by atoms with Crippen molar-refractivity contribution in [2.45, 2.75) is 26.4 Å². The summed E-state index contributed by atoms with van der Waals surface area (Å²) in [5, 5.41) is 3.27. The van der Waals surface area contributed by atoms with E-state index in [0.717, 1.165) is 24.3 Å². The summed E-state index contributed by atoms with van der Waals surface area (Å²) in [6.07, 6.45) is 1.05. The lowest BCUT2D eigenvalue weighted by Crippen LogP contribution is -2.33. The molecule has 1 amide bonds. The molecule has 0 spiro atoms. The summed E-state index contributed by atoms with van der Waals surface area (Å²) in [6, 6.07) is 7.89. The van der Waals surface area contributed by atoms with E-state index in [1.54, 1.807) is 7.11 Å². The lowest BCUT2D eigenvalue weighted by molar-refractivity contribution is -0.128. The Morgan fingerprint density at radius 2 is 2.32 bits per heavy atom. The van der Waals surface area contributed by atoms with Crippen LogP contribution in [0.3, 0.4) is 0 Å². The molecule has 1 saturated heterocycles. The largest absolute Gasteiger partial charge is 0.497 e. The monoisotopic (exact) mass is 262 g/mol. The Balaban J connectivity index is 2.19. The SMILES string of the molecule is CCC(C)CN1C(=O)CNC1c1cccc(OC)c1. The summed E-state index contributed by atoms with van der Waals surface area (Å²) in [4.78, 5) is 13.9. The van der Waals surface area contributed by atoms with E-state index in [1.807, 2.05) is 29.2 Å². The quantitative estimate of drug-likeness (QED) is 0.884. The lowest BCUT2D eigenvalue weighted by atomic mass is 10.1. The smallest absolute Gasteiger partial charge is 0.238 e. The van der Waals surface area contributed by atoms with Gasteiger partial charge in [0.1, 0.15) is 11.9 Å². The molecule has 2 unspecified atom stereocenters. The van der Waals surface area contributed by atoms with Crippen molar-refractivity contribution in [1.82, 2.24) is 10.2 Å². The highest BCUT2D eigenvalue weighted by Crippen LogP contribution is 2.26. The van der Waals surface area contributed by atoms with Gasteiger partial charge < -0.3 is 9.64 Å². The molecule has 4 heteroatoms. The van der Waals surface area contributed by atoms with Crippen molar-refractivity contribution in [3.8, 4) is 5.75 Å². The summed E-state index contributed by atoms with van der Waals surface area (Å²) in [5.41, 5.74) is 1.08. The van der Waals surface area contributed by atoms with Crippen LogP contribution in [-0.2, 0) is 4.79 Å². The number of ether oxygens (including phenoxy) is 1. The standard InChI is InChI=1S/C15H22N2O2/c1-4-11(2)10-17-14(18)9-16-15(17)12-6-5-7-13(8-12)19-3/h5-8,11,15-16H,4,9-10H2,1-3H3. The van der Waals surface area contributed by atoms with E-state index >= 15 is 0 Å². The summed E-state index contributed by atoms with van der Waals surface area (Å²) in [5.74, 6) is 1.51. The van der Waals surface area contributed by atoms with Gasteiger partial charge in [-0.2, -0.15) is 0 Å². The van der Waals surface area contributed by atoms with Gasteiger partial charge in [-0.05, 0) is 23.6 Å². The van der Waals surface area contributed by atoms with Gasteiger partial charge in [0, 0.05) is 6.54 Å². The van der Waals surface area contributed by atoms with Gasteiger partial charge in [0.15, 0.2) is 0 Å². The van der Waals surface area contributed by atoms with Crippen LogP contribution in [0.25, 0.3) is 0 Å².